The monoisotopic (exact) mass is 508 g/mol. The molecular weight excluding hydrogens is 487 g/mol. The lowest BCUT2D eigenvalue weighted by Gasteiger charge is -2.29. The van der Waals surface area contributed by atoms with Gasteiger partial charge in [-0.25, -0.2) is 9.18 Å². The zero-order valence-corrected chi connectivity index (χ0v) is 20.1. The fourth-order valence-corrected chi connectivity index (χ4v) is 4.63. The fourth-order valence-electron chi connectivity index (χ4n) is 4.41. The summed E-state index contributed by atoms with van der Waals surface area (Å²) in [7, 11) is 1.53. The molecule has 2 aromatic heterocycles. The van der Waals surface area contributed by atoms with Gasteiger partial charge in [-0.1, -0.05) is 24.2 Å². The van der Waals surface area contributed by atoms with E-state index in [4.69, 9.17) is 11.6 Å². The van der Waals surface area contributed by atoms with Crippen molar-refractivity contribution in [1.82, 2.24) is 18.7 Å². The number of halogens is 2. The first-order valence-corrected chi connectivity index (χ1v) is 11.6. The van der Waals surface area contributed by atoms with Crippen LogP contribution in [0.4, 0.5) is 21.7 Å². The van der Waals surface area contributed by atoms with Crippen LogP contribution >= 0.6 is 11.6 Å². The van der Waals surface area contributed by atoms with E-state index in [1.54, 1.807) is 16.7 Å². The predicted molar refractivity (Wildman–Crippen MR) is 137 cm³/mol. The summed E-state index contributed by atoms with van der Waals surface area (Å²) in [6.45, 7) is 4.33. The largest absolute Gasteiger partial charge is 0.332 e. The van der Waals surface area contributed by atoms with E-state index in [1.807, 2.05) is 17.0 Å². The Balaban J connectivity index is 1.61. The number of rotatable bonds is 5. The molecule has 0 aliphatic carbocycles. The summed E-state index contributed by atoms with van der Waals surface area (Å²) in [6.07, 6.45) is 1.92. The van der Waals surface area contributed by atoms with E-state index in [9.17, 15) is 18.8 Å². The molecule has 0 saturated heterocycles. The number of fused-ring (bicyclic) bond motifs is 3. The van der Waals surface area contributed by atoms with Gasteiger partial charge in [-0.15, -0.1) is 0 Å². The van der Waals surface area contributed by atoms with Crippen LogP contribution in [0.3, 0.4) is 0 Å². The number of nitrogens with one attached hydrogen (secondary N) is 1. The van der Waals surface area contributed by atoms with Gasteiger partial charge >= 0.3 is 5.69 Å². The van der Waals surface area contributed by atoms with Crippen molar-refractivity contribution in [2.45, 2.75) is 19.5 Å². The van der Waals surface area contributed by atoms with Crippen molar-refractivity contribution in [3.05, 3.63) is 92.4 Å². The van der Waals surface area contributed by atoms with Gasteiger partial charge in [0.2, 0.25) is 11.9 Å². The number of anilines is 3. The maximum absolute atomic E-state index is 14.4. The highest BCUT2D eigenvalue weighted by Crippen LogP contribution is 2.31. The molecule has 0 radical (unpaired) electrons. The number of carbonyl (C=O) groups is 1. The lowest BCUT2D eigenvalue weighted by molar-refractivity contribution is -0.111. The van der Waals surface area contributed by atoms with Crippen LogP contribution in [-0.4, -0.2) is 31.1 Å². The highest BCUT2D eigenvalue weighted by Gasteiger charge is 2.27. The molecule has 184 valence electrons. The molecule has 1 aliphatic rings. The molecule has 0 atom stereocenters. The van der Waals surface area contributed by atoms with Gasteiger partial charge in [-0.05, 0) is 48.9 Å². The van der Waals surface area contributed by atoms with E-state index in [0.29, 0.717) is 24.7 Å². The van der Waals surface area contributed by atoms with Crippen LogP contribution < -0.4 is 21.5 Å². The second-order valence-corrected chi connectivity index (χ2v) is 8.82. The summed E-state index contributed by atoms with van der Waals surface area (Å²) < 4.78 is 18.5. The molecule has 1 N–H and O–H groups in total. The minimum absolute atomic E-state index is 0.0707. The van der Waals surface area contributed by atoms with E-state index < -0.39 is 17.1 Å². The van der Waals surface area contributed by atoms with E-state index in [-0.39, 0.29) is 34.2 Å². The van der Waals surface area contributed by atoms with Crippen molar-refractivity contribution in [2.24, 2.45) is 7.05 Å². The highest BCUT2D eigenvalue weighted by molar-refractivity contribution is 6.31. The summed E-state index contributed by atoms with van der Waals surface area (Å²) in [5.41, 5.74) is 0.836. The Morgan fingerprint density at radius 3 is 2.64 bits per heavy atom. The lowest BCUT2D eigenvalue weighted by atomic mass is 10.2. The molecule has 0 saturated carbocycles. The summed E-state index contributed by atoms with van der Waals surface area (Å²) in [5.74, 6) is -0.380. The van der Waals surface area contributed by atoms with Gasteiger partial charge in [0.1, 0.15) is 5.82 Å². The average molecular weight is 509 g/mol. The summed E-state index contributed by atoms with van der Waals surface area (Å²) in [6, 6.07) is 11.4. The third kappa shape index (κ3) is 3.89. The van der Waals surface area contributed by atoms with Crippen molar-refractivity contribution >= 4 is 46.0 Å². The number of imidazole rings is 1. The topological polar surface area (TPSA) is 94.2 Å². The molecule has 9 nitrogen and oxygen atoms in total. The van der Waals surface area contributed by atoms with Crippen molar-refractivity contribution in [2.75, 3.05) is 16.8 Å². The number of benzene rings is 2. The first-order chi connectivity index (χ1) is 17.3. The first kappa shape index (κ1) is 23.6. The summed E-state index contributed by atoms with van der Waals surface area (Å²) >= 11 is 6.15. The molecule has 1 aliphatic heterocycles. The SMILES string of the molecule is C=CC(=O)Nc1ccc(N2CCCn3c2nc2c3c(=O)n(Cc3c(F)cccc3Cl)c(=O)n2C)cc1. The normalized spacial score (nSPS) is 13.0. The van der Waals surface area contributed by atoms with E-state index >= 15 is 0 Å². The molecule has 0 bridgehead atoms. The van der Waals surface area contributed by atoms with Gasteiger partial charge in [0.15, 0.2) is 11.2 Å². The third-order valence-electron chi connectivity index (χ3n) is 6.23. The van der Waals surface area contributed by atoms with Gasteiger partial charge in [0, 0.05) is 42.1 Å². The zero-order valence-electron chi connectivity index (χ0n) is 19.4. The number of carbonyl (C=O) groups excluding carboxylic acids is 1. The molecule has 0 fully saturated rings. The van der Waals surface area contributed by atoms with Crippen LogP contribution in [-0.2, 0) is 24.9 Å². The van der Waals surface area contributed by atoms with Crippen molar-refractivity contribution in [3.63, 3.8) is 0 Å². The number of aromatic nitrogens is 4. The minimum Gasteiger partial charge on any atom is -0.323 e. The lowest BCUT2D eigenvalue weighted by Crippen LogP contribution is -2.40. The quantitative estimate of drug-likeness (QED) is 0.417. The number of hydrogen-bond acceptors (Lipinski definition) is 5. The van der Waals surface area contributed by atoms with Gasteiger partial charge in [-0.3, -0.25) is 18.7 Å². The van der Waals surface area contributed by atoms with Crippen molar-refractivity contribution in [1.29, 1.82) is 0 Å². The Bertz CT molecular complexity index is 1620. The minimum atomic E-state index is -0.615. The van der Waals surface area contributed by atoms with Gasteiger partial charge < -0.3 is 14.8 Å². The zero-order chi connectivity index (χ0) is 25.6. The van der Waals surface area contributed by atoms with Crippen LogP contribution in [0.25, 0.3) is 11.2 Å². The van der Waals surface area contributed by atoms with Gasteiger partial charge in [0.05, 0.1) is 6.54 Å². The van der Waals surface area contributed by atoms with E-state index in [1.165, 1.54) is 35.9 Å². The predicted octanol–water partition coefficient (Wildman–Crippen LogP) is 3.40. The van der Waals surface area contributed by atoms with E-state index in [0.717, 1.165) is 16.7 Å². The second-order valence-electron chi connectivity index (χ2n) is 8.41. The number of hydrogen-bond donors (Lipinski definition) is 1. The Morgan fingerprint density at radius 1 is 1.19 bits per heavy atom. The maximum Gasteiger partial charge on any atom is 0.332 e. The molecule has 2 aromatic carbocycles. The highest BCUT2D eigenvalue weighted by atomic mass is 35.5. The first-order valence-electron chi connectivity index (χ1n) is 11.2. The second kappa shape index (κ2) is 9.12. The number of amides is 1. The van der Waals surface area contributed by atoms with E-state index in [2.05, 4.69) is 16.9 Å². The van der Waals surface area contributed by atoms with Gasteiger partial charge in [0.25, 0.3) is 5.56 Å². The Kier molecular flexibility index (Phi) is 5.97. The molecule has 11 heteroatoms. The summed E-state index contributed by atoms with van der Waals surface area (Å²) in [4.78, 5) is 44.8. The van der Waals surface area contributed by atoms with Crippen molar-refractivity contribution < 1.29 is 9.18 Å². The van der Waals surface area contributed by atoms with Crippen LogP contribution in [0.15, 0.2) is 64.7 Å². The molecule has 0 unspecified atom stereocenters. The Hall–Kier alpha value is -4.18. The molecule has 3 heterocycles. The Morgan fingerprint density at radius 2 is 1.94 bits per heavy atom. The molecular formula is C25H22ClFN6O3. The summed E-state index contributed by atoms with van der Waals surface area (Å²) in [5, 5.41) is 2.84. The molecule has 36 heavy (non-hydrogen) atoms. The van der Waals surface area contributed by atoms with Crippen molar-refractivity contribution in [3.8, 4) is 0 Å². The average Bonchev–Trinajstić information content (AvgIpc) is 3.27. The molecule has 0 spiro atoms. The Labute approximate surface area is 209 Å². The van der Waals surface area contributed by atoms with Gasteiger partial charge in [-0.2, -0.15) is 4.98 Å². The fraction of sp³-hybridized carbons (Fsp3) is 0.200. The standard InChI is InChI=1S/C25H22ClFN6O3/c1-3-20(34)28-15-8-10-16(11-9-15)31-12-5-13-32-21-22(29-24(31)32)30(2)25(36)33(23(21)35)14-17-18(26)6-4-7-19(17)27/h3-4,6-11H,1,5,12-14H2,2H3,(H,28,34). The smallest absolute Gasteiger partial charge is 0.323 e. The third-order valence-corrected chi connectivity index (χ3v) is 6.58. The number of nitrogens with zero attached hydrogens (tertiary/aromatic N) is 5. The van der Waals surface area contributed by atoms with Crippen LogP contribution in [0.2, 0.25) is 5.02 Å². The van der Waals surface area contributed by atoms with Crippen LogP contribution in [0.5, 0.6) is 0 Å². The van der Waals surface area contributed by atoms with Crippen LogP contribution in [0, 0.1) is 5.82 Å². The maximum atomic E-state index is 14.4. The molecule has 1 amide bonds. The molecule has 4 aromatic rings. The van der Waals surface area contributed by atoms with Crippen LogP contribution in [0.1, 0.15) is 12.0 Å². The molecule has 5 rings (SSSR count). The number of aryl methyl sites for hydroxylation is 2.